The van der Waals surface area contributed by atoms with Crippen molar-refractivity contribution in [1.29, 1.82) is 0 Å². The topological polar surface area (TPSA) is 54.0 Å². The molecule has 3 rings (SSSR count). The minimum atomic E-state index is -0.0999. The lowest BCUT2D eigenvalue weighted by atomic mass is 10.2. The Hall–Kier alpha value is -2.43. The summed E-state index contributed by atoms with van der Waals surface area (Å²) >= 11 is 5.84. The standard InChI is InChI=1S/C18H16ClN3O/c19-15-8-6-13(7-9-15)11-20-12-17(23)22-16-5-1-3-14-4-2-10-21-18(14)16/h1-10,20H,11-12H2,(H,22,23). The predicted molar refractivity (Wildman–Crippen MR) is 93.5 cm³/mol. The molecule has 0 aliphatic carbocycles. The monoisotopic (exact) mass is 325 g/mol. The highest BCUT2D eigenvalue weighted by Gasteiger charge is 2.06. The largest absolute Gasteiger partial charge is 0.323 e. The lowest BCUT2D eigenvalue weighted by Gasteiger charge is -2.09. The Labute approximate surface area is 139 Å². The first-order valence-electron chi connectivity index (χ1n) is 7.31. The zero-order chi connectivity index (χ0) is 16.1. The van der Waals surface area contributed by atoms with Crippen LogP contribution in [-0.4, -0.2) is 17.4 Å². The van der Waals surface area contributed by atoms with E-state index >= 15 is 0 Å². The lowest BCUT2D eigenvalue weighted by Crippen LogP contribution is -2.27. The number of carbonyl (C=O) groups excluding carboxylic acids is 1. The van der Waals surface area contributed by atoms with Gasteiger partial charge in [-0.3, -0.25) is 9.78 Å². The number of benzene rings is 2. The Balaban J connectivity index is 1.57. The van der Waals surface area contributed by atoms with Gasteiger partial charge in [0.05, 0.1) is 17.7 Å². The summed E-state index contributed by atoms with van der Waals surface area (Å²) in [6, 6.07) is 17.1. The first-order chi connectivity index (χ1) is 11.2. The van der Waals surface area contributed by atoms with E-state index in [4.69, 9.17) is 11.6 Å². The number of carbonyl (C=O) groups is 1. The van der Waals surface area contributed by atoms with E-state index in [0.29, 0.717) is 11.6 Å². The molecule has 1 aromatic heterocycles. The number of nitrogens with zero attached hydrogens (tertiary/aromatic N) is 1. The molecule has 116 valence electrons. The number of amides is 1. The Morgan fingerprint density at radius 1 is 1.04 bits per heavy atom. The molecule has 0 saturated heterocycles. The van der Waals surface area contributed by atoms with Gasteiger partial charge < -0.3 is 10.6 Å². The van der Waals surface area contributed by atoms with Crippen LogP contribution < -0.4 is 10.6 Å². The maximum atomic E-state index is 12.1. The minimum Gasteiger partial charge on any atom is -0.323 e. The van der Waals surface area contributed by atoms with Crippen molar-refractivity contribution in [3.8, 4) is 0 Å². The molecule has 3 aromatic rings. The molecule has 0 radical (unpaired) electrons. The Bertz CT molecular complexity index is 813. The molecule has 1 amide bonds. The molecule has 0 fully saturated rings. The average molecular weight is 326 g/mol. The van der Waals surface area contributed by atoms with Crippen LogP contribution in [0, 0.1) is 0 Å². The van der Waals surface area contributed by atoms with Crippen molar-refractivity contribution in [2.24, 2.45) is 0 Å². The van der Waals surface area contributed by atoms with E-state index < -0.39 is 0 Å². The molecule has 4 nitrogen and oxygen atoms in total. The van der Waals surface area contributed by atoms with E-state index in [-0.39, 0.29) is 12.5 Å². The number of pyridine rings is 1. The van der Waals surface area contributed by atoms with Crippen LogP contribution in [-0.2, 0) is 11.3 Å². The van der Waals surface area contributed by atoms with Gasteiger partial charge in [0.15, 0.2) is 0 Å². The van der Waals surface area contributed by atoms with Gasteiger partial charge in [-0.05, 0) is 29.8 Å². The van der Waals surface area contributed by atoms with Crippen LogP contribution in [0.3, 0.4) is 0 Å². The van der Waals surface area contributed by atoms with E-state index in [1.54, 1.807) is 6.20 Å². The number of hydrogen-bond donors (Lipinski definition) is 2. The van der Waals surface area contributed by atoms with E-state index in [2.05, 4.69) is 15.6 Å². The second-order valence-corrected chi connectivity index (χ2v) is 5.60. The Morgan fingerprint density at radius 3 is 2.65 bits per heavy atom. The van der Waals surface area contributed by atoms with Gasteiger partial charge in [-0.25, -0.2) is 0 Å². The van der Waals surface area contributed by atoms with Gasteiger partial charge in [0, 0.05) is 23.2 Å². The molecule has 2 N–H and O–H groups in total. The predicted octanol–water partition coefficient (Wildman–Crippen LogP) is 3.62. The van der Waals surface area contributed by atoms with E-state index in [9.17, 15) is 4.79 Å². The second kappa shape index (κ2) is 7.22. The first-order valence-corrected chi connectivity index (χ1v) is 7.69. The van der Waals surface area contributed by atoms with Gasteiger partial charge in [-0.15, -0.1) is 0 Å². The van der Waals surface area contributed by atoms with Gasteiger partial charge in [-0.2, -0.15) is 0 Å². The van der Waals surface area contributed by atoms with Crippen LogP contribution in [0.1, 0.15) is 5.56 Å². The van der Waals surface area contributed by atoms with Crippen LogP contribution in [0.25, 0.3) is 10.9 Å². The summed E-state index contributed by atoms with van der Waals surface area (Å²) < 4.78 is 0. The molecule has 2 aromatic carbocycles. The summed E-state index contributed by atoms with van der Waals surface area (Å²) in [6.45, 7) is 0.838. The summed E-state index contributed by atoms with van der Waals surface area (Å²) in [7, 11) is 0. The average Bonchev–Trinajstić information content (AvgIpc) is 2.57. The highest BCUT2D eigenvalue weighted by Crippen LogP contribution is 2.20. The van der Waals surface area contributed by atoms with Crippen LogP contribution >= 0.6 is 11.6 Å². The summed E-state index contributed by atoms with van der Waals surface area (Å²) in [5.74, 6) is -0.0999. The molecule has 5 heteroatoms. The lowest BCUT2D eigenvalue weighted by molar-refractivity contribution is -0.115. The second-order valence-electron chi connectivity index (χ2n) is 5.16. The first kappa shape index (κ1) is 15.5. The van der Waals surface area contributed by atoms with Gasteiger partial charge in [0.1, 0.15) is 0 Å². The maximum absolute atomic E-state index is 12.1. The minimum absolute atomic E-state index is 0.0999. The third-order valence-electron chi connectivity index (χ3n) is 3.43. The highest BCUT2D eigenvalue weighted by molar-refractivity contribution is 6.30. The molecule has 0 unspecified atom stereocenters. The molecule has 23 heavy (non-hydrogen) atoms. The molecule has 0 aliphatic heterocycles. The number of rotatable bonds is 5. The van der Waals surface area contributed by atoms with Crippen LogP contribution in [0.15, 0.2) is 60.8 Å². The molecule has 0 aliphatic rings. The highest BCUT2D eigenvalue weighted by atomic mass is 35.5. The quantitative estimate of drug-likeness (QED) is 0.753. The Morgan fingerprint density at radius 2 is 1.83 bits per heavy atom. The normalized spacial score (nSPS) is 10.7. The number of aromatic nitrogens is 1. The van der Waals surface area contributed by atoms with Crippen LogP contribution in [0.2, 0.25) is 5.02 Å². The van der Waals surface area contributed by atoms with E-state index in [1.807, 2.05) is 54.6 Å². The van der Waals surface area contributed by atoms with Gasteiger partial charge in [-0.1, -0.05) is 41.9 Å². The fourth-order valence-corrected chi connectivity index (χ4v) is 2.45. The SMILES string of the molecule is O=C(CNCc1ccc(Cl)cc1)Nc1cccc2cccnc12. The van der Waals surface area contributed by atoms with Crippen LogP contribution in [0.4, 0.5) is 5.69 Å². The van der Waals surface area contributed by atoms with Crippen LogP contribution in [0.5, 0.6) is 0 Å². The van der Waals surface area contributed by atoms with Crippen molar-refractivity contribution in [3.63, 3.8) is 0 Å². The summed E-state index contributed by atoms with van der Waals surface area (Å²) in [5, 5.41) is 7.71. The number of para-hydroxylation sites is 1. The molecular formula is C18H16ClN3O. The van der Waals surface area contributed by atoms with Crippen molar-refractivity contribution >= 4 is 34.1 Å². The van der Waals surface area contributed by atoms with Crippen molar-refractivity contribution in [1.82, 2.24) is 10.3 Å². The number of nitrogens with one attached hydrogen (secondary N) is 2. The summed E-state index contributed by atoms with van der Waals surface area (Å²) in [6.07, 6.45) is 1.72. The third kappa shape index (κ3) is 4.06. The molecule has 0 atom stereocenters. The number of fused-ring (bicyclic) bond motifs is 1. The molecule has 0 saturated carbocycles. The van der Waals surface area contributed by atoms with Gasteiger partial charge >= 0.3 is 0 Å². The van der Waals surface area contributed by atoms with Crippen molar-refractivity contribution in [2.45, 2.75) is 6.54 Å². The molecule has 0 bridgehead atoms. The summed E-state index contributed by atoms with van der Waals surface area (Å²) in [4.78, 5) is 16.4. The van der Waals surface area contributed by atoms with Crippen molar-refractivity contribution < 1.29 is 4.79 Å². The van der Waals surface area contributed by atoms with Gasteiger partial charge in [0.25, 0.3) is 0 Å². The third-order valence-corrected chi connectivity index (χ3v) is 3.69. The van der Waals surface area contributed by atoms with Crippen molar-refractivity contribution in [3.05, 3.63) is 71.4 Å². The number of anilines is 1. The Kier molecular flexibility index (Phi) is 4.86. The smallest absolute Gasteiger partial charge is 0.238 e. The molecule has 0 spiro atoms. The fraction of sp³-hybridized carbons (Fsp3) is 0.111. The van der Waals surface area contributed by atoms with E-state index in [0.717, 1.165) is 22.2 Å². The van der Waals surface area contributed by atoms with Gasteiger partial charge in [0.2, 0.25) is 5.91 Å². The molecular weight excluding hydrogens is 310 g/mol. The maximum Gasteiger partial charge on any atom is 0.238 e. The molecule has 1 heterocycles. The summed E-state index contributed by atoms with van der Waals surface area (Å²) in [5.41, 5.74) is 2.59. The number of hydrogen-bond acceptors (Lipinski definition) is 3. The zero-order valence-electron chi connectivity index (χ0n) is 12.4. The fourth-order valence-electron chi connectivity index (χ4n) is 2.32. The zero-order valence-corrected chi connectivity index (χ0v) is 13.2. The van der Waals surface area contributed by atoms with Crippen molar-refractivity contribution in [2.75, 3.05) is 11.9 Å². The van der Waals surface area contributed by atoms with E-state index in [1.165, 1.54) is 0 Å². The number of halogens is 1.